The summed E-state index contributed by atoms with van der Waals surface area (Å²) in [5.74, 6) is 0.392. The van der Waals surface area contributed by atoms with Crippen LogP contribution in [0.4, 0.5) is 0 Å². The molecule has 0 saturated carbocycles. The van der Waals surface area contributed by atoms with Crippen LogP contribution in [0.1, 0.15) is 22.8 Å². The van der Waals surface area contributed by atoms with Crippen LogP contribution in [0.2, 0.25) is 0 Å². The van der Waals surface area contributed by atoms with Crippen LogP contribution in [0.15, 0.2) is 18.2 Å². The molecule has 0 saturated heterocycles. The molecule has 1 aromatic carbocycles. The van der Waals surface area contributed by atoms with Crippen molar-refractivity contribution in [3.8, 4) is 5.75 Å². The number of aromatic hydroxyl groups is 1. The number of hydrogen-bond donors (Lipinski definition) is 3. The van der Waals surface area contributed by atoms with Gasteiger partial charge < -0.3 is 15.7 Å². The maximum atomic E-state index is 11.9. The number of hydrogen-bond acceptors (Lipinski definition) is 3. The van der Waals surface area contributed by atoms with Crippen molar-refractivity contribution in [1.82, 2.24) is 10.6 Å². The molecule has 1 aromatic rings. The molecule has 0 aliphatic rings. The molecule has 1 rings (SSSR count). The first-order valence-corrected chi connectivity index (χ1v) is 5.77. The van der Waals surface area contributed by atoms with E-state index < -0.39 is 0 Å². The van der Waals surface area contributed by atoms with Gasteiger partial charge >= 0.3 is 0 Å². The summed E-state index contributed by atoms with van der Waals surface area (Å²) in [6, 6.07) is 4.97. The monoisotopic (exact) mass is 236 g/mol. The minimum atomic E-state index is -0.138. The van der Waals surface area contributed by atoms with E-state index in [1.54, 1.807) is 25.1 Å². The molecule has 0 aliphatic heterocycles. The topological polar surface area (TPSA) is 61.4 Å². The van der Waals surface area contributed by atoms with Gasteiger partial charge in [-0.2, -0.15) is 0 Å². The first-order valence-electron chi connectivity index (χ1n) is 5.77. The Bertz CT molecular complexity index is 391. The third-order valence-corrected chi connectivity index (χ3v) is 2.71. The molecule has 0 spiro atoms. The quantitative estimate of drug-likeness (QED) is 0.722. The predicted octanol–water partition coefficient (Wildman–Crippen LogP) is 1.29. The lowest BCUT2D eigenvalue weighted by atomic mass is 10.1. The highest BCUT2D eigenvalue weighted by molar-refractivity contribution is 5.96. The lowest BCUT2D eigenvalue weighted by Gasteiger charge is -2.13. The van der Waals surface area contributed by atoms with Crippen molar-refractivity contribution in [2.75, 3.05) is 20.1 Å². The fourth-order valence-electron chi connectivity index (χ4n) is 1.65. The summed E-state index contributed by atoms with van der Waals surface area (Å²) in [6.07, 6.45) is 0. The van der Waals surface area contributed by atoms with Gasteiger partial charge in [0.2, 0.25) is 0 Å². The van der Waals surface area contributed by atoms with E-state index in [1.165, 1.54) is 0 Å². The van der Waals surface area contributed by atoms with Gasteiger partial charge in [0.05, 0.1) is 0 Å². The van der Waals surface area contributed by atoms with E-state index >= 15 is 0 Å². The predicted molar refractivity (Wildman–Crippen MR) is 68.3 cm³/mol. The van der Waals surface area contributed by atoms with Crippen LogP contribution in [0.5, 0.6) is 5.75 Å². The molecule has 0 aliphatic carbocycles. The van der Waals surface area contributed by atoms with Crippen LogP contribution in [-0.4, -0.2) is 31.2 Å². The van der Waals surface area contributed by atoms with Crippen molar-refractivity contribution in [2.45, 2.75) is 13.8 Å². The molecule has 1 amide bonds. The summed E-state index contributed by atoms with van der Waals surface area (Å²) in [4.78, 5) is 11.9. The average molecular weight is 236 g/mol. The summed E-state index contributed by atoms with van der Waals surface area (Å²) in [7, 11) is 1.89. The van der Waals surface area contributed by atoms with Gasteiger partial charge in [-0.1, -0.05) is 13.0 Å². The molecule has 4 nitrogen and oxygen atoms in total. The summed E-state index contributed by atoms with van der Waals surface area (Å²) >= 11 is 0. The molecular weight excluding hydrogens is 216 g/mol. The average Bonchev–Trinajstić information content (AvgIpc) is 2.30. The number of benzene rings is 1. The second-order valence-electron chi connectivity index (χ2n) is 4.32. The van der Waals surface area contributed by atoms with E-state index in [-0.39, 0.29) is 11.7 Å². The van der Waals surface area contributed by atoms with E-state index in [1.807, 2.05) is 7.05 Å². The number of rotatable bonds is 5. The van der Waals surface area contributed by atoms with Gasteiger partial charge in [-0.05, 0) is 38.6 Å². The van der Waals surface area contributed by atoms with E-state index in [9.17, 15) is 9.90 Å². The lowest BCUT2D eigenvalue weighted by Crippen LogP contribution is -2.32. The fourth-order valence-corrected chi connectivity index (χ4v) is 1.65. The molecule has 0 radical (unpaired) electrons. The van der Waals surface area contributed by atoms with Gasteiger partial charge in [0.15, 0.2) is 0 Å². The second-order valence-corrected chi connectivity index (χ2v) is 4.32. The van der Waals surface area contributed by atoms with Crippen LogP contribution in [0.25, 0.3) is 0 Å². The molecule has 17 heavy (non-hydrogen) atoms. The SMILES string of the molecule is CNCC(C)CNC(=O)c1cccc(O)c1C. The van der Waals surface area contributed by atoms with Crippen molar-refractivity contribution in [1.29, 1.82) is 0 Å². The highest BCUT2D eigenvalue weighted by Gasteiger charge is 2.11. The van der Waals surface area contributed by atoms with Crippen molar-refractivity contribution in [3.05, 3.63) is 29.3 Å². The van der Waals surface area contributed by atoms with Gasteiger partial charge in [-0.25, -0.2) is 0 Å². The maximum Gasteiger partial charge on any atom is 0.251 e. The Kier molecular flexibility index (Phi) is 4.97. The zero-order valence-corrected chi connectivity index (χ0v) is 10.6. The molecule has 0 bridgehead atoms. The molecule has 4 heteroatoms. The molecule has 94 valence electrons. The third kappa shape index (κ3) is 3.75. The largest absolute Gasteiger partial charge is 0.508 e. The molecule has 0 fully saturated rings. The number of phenolic OH excluding ortho intramolecular Hbond substituents is 1. The fraction of sp³-hybridized carbons (Fsp3) is 0.462. The normalized spacial score (nSPS) is 12.2. The number of amides is 1. The molecule has 0 heterocycles. The Hall–Kier alpha value is -1.55. The number of nitrogens with one attached hydrogen (secondary N) is 2. The Balaban J connectivity index is 2.61. The Labute approximate surface area is 102 Å². The van der Waals surface area contributed by atoms with E-state index in [2.05, 4.69) is 17.6 Å². The Morgan fingerprint density at radius 1 is 1.41 bits per heavy atom. The molecular formula is C13H20N2O2. The first kappa shape index (κ1) is 13.5. The summed E-state index contributed by atoms with van der Waals surface area (Å²) in [5, 5.41) is 15.4. The van der Waals surface area contributed by atoms with Crippen molar-refractivity contribution in [3.63, 3.8) is 0 Å². The summed E-state index contributed by atoms with van der Waals surface area (Å²) in [5.41, 5.74) is 1.15. The Morgan fingerprint density at radius 3 is 2.76 bits per heavy atom. The van der Waals surface area contributed by atoms with Gasteiger partial charge in [-0.15, -0.1) is 0 Å². The smallest absolute Gasteiger partial charge is 0.251 e. The highest BCUT2D eigenvalue weighted by atomic mass is 16.3. The number of carbonyl (C=O) groups excluding carboxylic acids is 1. The minimum absolute atomic E-state index is 0.138. The van der Waals surface area contributed by atoms with E-state index in [0.29, 0.717) is 23.6 Å². The zero-order valence-electron chi connectivity index (χ0n) is 10.6. The van der Waals surface area contributed by atoms with E-state index in [0.717, 1.165) is 6.54 Å². The van der Waals surface area contributed by atoms with Gasteiger partial charge in [0.1, 0.15) is 5.75 Å². The zero-order chi connectivity index (χ0) is 12.8. The van der Waals surface area contributed by atoms with Crippen LogP contribution in [-0.2, 0) is 0 Å². The van der Waals surface area contributed by atoms with Gasteiger partial charge in [0, 0.05) is 17.7 Å². The standard InChI is InChI=1S/C13H20N2O2/c1-9(7-14-3)8-15-13(17)11-5-4-6-12(16)10(11)2/h4-6,9,14,16H,7-8H2,1-3H3,(H,15,17). The van der Waals surface area contributed by atoms with Gasteiger partial charge in [-0.3, -0.25) is 4.79 Å². The molecule has 3 N–H and O–H groups in total. The number of phenols is 1. The third-order valence-electron chi connectivity index (χ3n) is 2.71. The lowest BCUT2D eigenvalue weighted by molar-refractivity contribution is 0.0947. The summed E-state index contributed by atoms with van der Waals surface area (Å²) < 4.78 is 0. The number of carbonyl (C=O) groups is 1. The van der Waals surface area contributed by atoms with Crippen LogP contribution >= 0.6 is 0 Å². The van der Waals surface area contributed by atoms with Crippen molar-refractivity contribution >= 4 is 5.91 Å². The van der Waals surface area contributed by atoms with E-state index in [4.69, 9.17) is 0 Å². The maximum absolute atomic E-state index is 11.9. The van der Waals surface area contributed by atoms with Crippen LogP contribution in [0, 0.1) is 12.8 Å². The first-order chi connectivity index (χ1) is 8.06. The summed E-state index contributed by atoms with van der Waals surface area (Å²) in [6.45, 7) is 5.28. The molecule has 0 aromatic heterocycles. The van der Waals surface area contributed by atoms with Crippen LogP contribution < -0.4 is 10.6 Å². The van der Waals surface area contributed by atoms with Crippen molar-refractivity contribution in [2.24, 2.45) is 5.92 Å². The molecule has 1 atom stereocenters. The minimum Gasteiger partial charge on any atom is -0.508 e. The van der Waals surface area contributed by atoms with Gasteiger partial charge in [0.25, 0.3) is 5.91 Å². The van der Waals surface area contributed by atoms with Crippen LogP contribution in [0.3, 0.4) is 0 Å². The van der Waals surface area contributed by atoms with Crippen molar-refractivity contribution < 1.29 is 9.90 Å². The molecule has 1 unspecified atom stereocenters. The highest BCUT2D eigenvalue weighted by Crippen LogP contribution is 2.19. The second kappa shape index (κ2) is 6.25. The Morgan fingerprint density at radius 2 is 2.12 bits per heavy atom.